The predicted molar refractivity (Wildman–Crippen MR) is 153 cm³/mol. The summed E-state index contributed by atoms with van der Waals surface area (Å²) >= 11 is 0. The Morgan fingerprint density at radius 1 is 0.944 bits per heavy atom. The number of unbranched alkanes of at least 4 members (excludes halogenated alkanes) is 1. The van der Waals surface area contributed by atoms with Gasteiger partial charge in [-0.05, 0) is 43.0 Å². The average Bonchev–Trinajstić information content (AvgIpc) is 3.17. The van der Waals surface area contributed by atoms with Crippen molar-refractivity contribution in [2.45, 2.75) is 71.1 Å². The first kappa shape index (κ1) is 26.6. The van der Waals surface area contributed by atoms with Crippen LogP contribution in [0.15, 0.2) is 47.8 Å². The van der Waals surface area contributed by atoms with E-state index in [4.69, 9.17) is 0 Å². The molecule has 2 fully saturated rings. The van der Waals surface area contributed by atoms with Gasteiger partial charge in [-0.1, -0.05) is 76.2 Å². The molecule has 3 heterocycles. The molecule has 1 saturated carbocycles. The minimum absolute atomic E-state index is 0.704. The van der Waals surface area contributed by atoms with Crippen molar-refractivity contribution >= 4 is 17.0 Å². The third-order valence-electron chi connectivity index (χ3n) is 7.50. The van der Waals surface area contributed by atoms with Gasteiger partial charge in [0.2, 0.25) is 5.95 Å². The summed E-state index contributed by atoms with van der Waals surface area (Å²) in [7, 11) is 2.21. The SMILES string of the molecule is C1CCCCC1.CCCCNc1ncc2c(CC3=CCC=C(CN4CCN(C)CC4)C=C3)c[nH]c2n1. The van der Waals surface area contributed by atoms with Crippen LogP contribution in [0.5, 0.6) is 0 Å². The van der Waals surface area contributed by atoms with Gasteiger partial charge < -0.3 is 15.2 Å². The minimum atomic E-state index is 0.704. The van der Waals surface area contributed by atoms with Crippen LogP contribution < -0.4 is 5.32 Å². The molecule has 2 aliphatic carbocycles. The van der Waals surface area contributed by atoms with E-state index >= 15 is 0 Å². The molecule has 0 aromatic carbocycles. The van der Waals surface area contributed by atoms with Gasteiger partial charge in [-0.15, -0.1) is 0 Å². The fourth-order valence-corrected chi connectivity index (χ4v) is 5.07. The Hall–Kier alpha value is -2.44. The number of hydrogen-bond donors (Lipinski definition) is 2. The molecule has 6 nitrogen and oxygen atoms in total. The number of aromatic amines is 1. The smallest absolute Gasteiger partial charge is 0.224 e. The van der Waals surface area contributed by atoms with Crippen molar-refractivity contribution in [1.29, 1.82) is 0 Å². The minimum Gasteiger partial charge on any atom is -0.354 e. The number of piperazine rings is 1. The van der Waals surface area contributed by atoms with Crippen LogP contribution in [0.25, 0.3) is 11.0 Å². The van der Waals surface area contributed by atoms with E-state index in [0.29, 0.717) is 5.95 Å². The Bertz CT molecular complexity index is 1010. The largest absolute Gasteiger partial charge is 0.354 e. The first-order valence-corrected chi connectivity index (χ1v) is 14.2. The van der Waals surface area contributed by atoms with Crippen LogP contribution in [0.3, 0.4) is 0 Å². The number of anilines is 1. The average molecular weight is 491 g/mol. The van der Waals surface area contributed by atoms with Crippen LogP contribution in [0, 0.1) is 0 Å². The van der Waals surface area contributed by atoms with Gasteiger partial charge in [0, 0.05) is 57.0 Å². The zero-order valence-corrected chi connectivity index (χ0v) is 22.6. The highest BCUT2D eigenvalue weighted by Gasteiger charge is 2.15. The van der Waals surface area contributed by atoms with E-state index in [1.165, 1.54) is 68.3 Å². The predicted octanol–water partition coefficient (Wildman–Crippen LogP) is 6.11. The molecule has 0 atom stereocenters. The molecular formula is C30H46N6. The van der Waals surface area contributed by atoms with Crippen molar-refractivity contribution in [3.63, 3.8) is 0 Å². The second-order valence-electron chi connectivity index (χ2n) is 10.6. The Morgan fingerprint density at radius 2 is 1.64 bits per heavy atom. The molecular weight excluding hydrogens is 444 g/mol. The topological polar surface area (TPSA) is 60.1 Å². The quantitative estimate of drug-likeness (QED) is 0.437. The number of rotatable bonds is 8. The molecule has 2 aromatic heterocycles. The molecule has 2 aromatic rings. The molecule has 0 amide bonds. The number of nitrogens with one attached hydrogen (secondary N) is 2. The van der Waals surface area contributed by atoms with Crippen LogP contribution in [-0.2, 0) is 6.42 Å². The van der Waals surface area contributed by atoms with Crippen molar-refractivity contribution in [1.82, 2.24) is 24.8 Å². The molecule has 3 aliphatic rings. The van der Waals surface area contributed by atoms with Crippen molar-refractivity contribution in [2.24, 2.45) is 0 Å². The summed E-state index contributed by atoms with van der Waals surface area (Å²) in [6.07, 6.45) is 26.5. The second-order valence-corrected chi connectivity index (χ2v) is 10.6. The third kappa shape index (κ3) is 8.31. The maximum Gasteiger partial charge on any atom is 0.224 e. The summed E-state index contributed by atoms with van der Waals surface area (Å²) in [6.45, 7) is 8.80. The second kappa shape index (κ2) is 14.3. The van der Waals surface area contributed by atoms with Crippen molar-refractivity contribution < 1.29 is 0 Å². The number of hydrogen-bond acceptors (Lipinski definition) is 5. The molecule has 1 saturated heterocycles. The fourth-order valence-electron chi connectivity index (χ4n) is 5.07. The summed E-state index contributed by atoms with van der Waals surface area (Å²) in [6, 6.07) is 0. The van der Waals surface area contributed by atoms with E-state index < -0.39 is 0 Å². The first-order valence-electron chi connectivity index (χ1n) is 14.2. The van der Waals surface area contributed by atoms with Gasteiger partial charge in [0.15, 0.2) is 0 Å². The maximum atomic E-state index is 4.63. The lowest BCUT2D eigenvalue weighted by Gasteiger charge is -2.32. The number of allylic oxidation sites excluding steroid dienone is 4. The highest BCUT2D eigenvalue weighted by molar-refractivity contribution is 5.80. The van der Waals surface area contributed by atoms with Gasteiger partial charge in [0.05, 0.1) is 0 Å². The zero-order chi connectivity index (χ0) is 25.0. The number of H-pyrrole nitrogens is 1. The Kier molecular flexibility index (Phi) is 10.6. The van der Waals surface area contributed by atoms with E-state index in [1.807, 2.05) is 6.20 Å². The maximum absolute atomic E-state index is 4.63. The molecule has 0 bridgehead atoms. The fraction of sp³-hybridized carbons (Fsp3) is 0.600. The normalized spacial score (nSPS) is 19.3. The monoisotopic (exact) mass is 490 g/mol. The van der Waals surface area contributed by atoms with Crippen molar-refractivity contribution in [3.8, 4) is 0 Å². The first-order chi connectivity index (χ1) is 17.7. The third-order valence-corrected chi connectivity index (χ3v) is 7.50. The van der Waals surface area contributed by atoms with E-state index in [0.717, 1.165) is 62.9 Å². The summed E-state index contributed by atoms with van der Waals surface area (Å²) in [5, 5.41) is 4.41. The summed E-state index contributed by atoms with van der Waals surface area (Å²) < 4.78 is 0. The Balaban J connectivity index is 0.000000445. The zero-order valence-electron chi connectivity index (χ0n) is 22.6. The van der Waals surface area contributed by atoms with E-state index in [9.17, 15) is 0 Å². The molecule has 0 unspecified atom stereocenters. The number of aromatic nitrogens is 3. The molecule has 0 radical (unpaired) electrons. The lowest BCUT2D eigenvalue weighted by molar-refractivity contribution is 0.164. The standard InChI is InChI=1S/C24H34N6.C6H12/c1-3-4-10-25-24-27-17-22-21(16-26-23(22)28-24)15-19-6-5-7-20(9-8-19)18-30-13-11-29(2)12-14-30;1-2-4-6-5-3-1/h6-9,16-17H,3-5,10-15,18H2,1-2H3,(H2,25,26,27,28);1-6H2. The number of likely N-dealkylation sites (N-methyl/N-ethyl adjacent to an activating group) is 1. The van der Waals surface area contributed by atoms with Crippen molar-refractivity contribution in [2.75, 3.05) is 51.6 Å². The van der Waals surface area contributed by atoms with Crippen molar-refractivity contribution in [3.05, 3.63) is 53.4 Å². The number of fused-ring (bicyclic) bond motifs is 1. The van der Waals surface area contributed by atoms with E-state index in [-0.39, 0.29) is 0 Å². The molecule has 5 rings (SSSR count). The Morgan fingerprint density at radius 3 is 2.36 bits per heavy atom. The molecule has 196 valence electrons. The number of nitrogens with zero attached hydrogens (tertiary/aromatic N) is 4. The Labute approximate surface area is 218 Å². The van der Waals surface area contributed by atoms with Gasteiger partial charge in [0.25, 0.3) is 0 Å². The van der Waals surface area contributed by atoms with Crippen LogP contribution in [0.1, 0.15) is 70.3 Å². The van der Waals surface area contributed by atoms with Gasteiger partial charge in [-0.3, -0.25) is 4.90 Å². The van der Waals surface area contributed by atoms with Crippen LogP contribution in [0.2, 0.25) is 0 Å². The van der Waals surface area contributed by atoms with Gasteiger partial charge in [-0.25, -0.2) is 4.98 Å². The molecule has 1 aliphatic heterocycles. The summed E-state index contributed by atoms with van der Waals surface area (Å²) in [5.74, 6) is 0.704. The van der Waals surface area contributed by atoms with Gasteiger partial charge >= 0.3 is 0 Å². The highest BCUT2D eigenvalue weighted by Crippen LogP contribution is 2.22. The summed E-state index contributed by atoms with van der Waals surface area (Å²) in [5.41, 5.74) is 4.94. The van der Waals surface area contributed by atoms with Crippen LogP contribution in [-0.4, -0.2) is 71.1 Å². The van der Waals surface area contributed by atoms with E-state index in [1.54, 1.807) is 0 Å². The van der Waals surface area contributed by atoms with Gasteiger partial charge in [0.1, 0.15) is 5.65 Å². The molecule has 6 heteroatoms. The lowest BCUT2D eigenvalue weighted by Crippen LogP contribution is -2.44. The van der Waals surface area contributed by atoms with E-state index in [2.05, 4.69) is 74.5 Å². The van der Waals surface area contributed by atoms with Crippen LogP contribution in [0.4, 0.5) is 5.95 Å². The lowest BCUT2D eigenvalue weighted by atomic mass is 10.0. The molecule has 0 spiro atoms. The molecule has 2 N–H and O–H groups in total. The summed E-state index contributed by atoms with van der Waals surface area (Å²) in [4.78, 5) is 17.4. The molecule has 36 heavy (non-hydrogen) atoms. The van der Waals surface area contributed by atoms with Crippen LogP contribution >= 0.6 is 0 Å². The van der Waals surface area contributed by atoms with Gasteiger partial charge in [-0.2, -0.15) is 4.98 Å². The highest BCUT2D eigenvalue weighted by atomic mass is 15.2.